The van der Waals surface area contributed by atoms with Crippen LogP contribution in [-0.2, 0) is 23.1 Å². The number of carbonyl (C=O) groups is 1. The molecule has 260 valence electrons. The molecule has 1 N–H and O–H groups in total. The second-order valence-corrected chi connectivity index (χ2v) is 13.5. The lowest BCUT2D eigenvalue weighted by atomic mass is 9.68. The van der Waals surface area contributed by atoms with E-state index in [-0.39, 0.29) is 29.5 Å². The highest BCUT2D eigenvalue weighted by molar-refractivity contribution is 5.85. The summed E-state index contributed by atoms with van der Waals surface area (Å²) in [5.74, 6) is 2.11. The van der Waals surface area contributed by atoms with Crippen LogP contribution in [0.2, 0.25) is 0 Å². The van der Waals surface area contributed by atoms with Gasteiger partial charge >= 0.3 is 0 Å². The Labute approximate surface area is 297 Å². The molecule has 49 heavy (non-hydrogen) atoms. The fraction of sp³-hybridized carbons (Fsp3) is 0.405. The molecule has 4 aromatic carbocycles. The Kier molecular flexibility index (Phi) is 12.8. The maximum atomic E-state index is 13.3. The summed E-state index contributed by atoms with van der Waals surface area (Å²) < 4.78 is 24.6. The Morgan fingerprint density at radius 3 is 2.08 bits per heavy atom. The van der Waals surface area contributed by atoms with E-state index in [1.54, 1.807) is 26.4 Å². The SMILES string of the molecule is COc1cc2c(cc1OC)C(C1CC1)N(CCCC(CCCNC(=O)CCc1ccc(F)cc1)(c1ccccc1)c1ccccc1)CC2.Cl. The van der Waals surface area contributed by atoms with Crippen molar-refractivity contribution in [3.05, 3.63) is 131 Å². The van der Waals surface area contributed by atoms with Gasteiger partial charge in [0.25, 0.3) is 0 Å². The van der Waals surface area contributed by atoms with Gasteiger partial charge in [-0.1, -0.05) is 72.8 Å². The summed E-state index contributed by atoms with van der Waals surface area (Å²) in [5.41, 5.74) is 6.27. The van der Waals surface area contributed by atoms with Crippen LogP contribution < -0.4 is 14.8 Å². The fourth-order valence-corrected chi connectivity index (χ4v) is 7.83. The van der Waals surface area contributed by atoms with Crippen LogP contribution in [0.4, 0.5) is 4.39 Å². The third-order valence-electron chi connectivity index (χ3n) is 10.5. The smallest absolute Gasteiger partial charge is 0.220 e. The van der Waals surface area contributed by atoms with Crippen molar-refractivity contribution in [2.24, 2.45) is 5.92 Å². The molecule has 1 unspecified atom stereocenters. The topological polar surface area (TPSA) is 50.8 Å². The monoisotopic (exact) mass is 684 g/mol. The van der Waals surface area contributed by atoms with E-state index >= 15 is 0 Å². The van der Waals surface area contributed by atoms with Crippen LogP contribution in [0.15, 0.2) is 97.1 Å². The van der Waals surface area contributed by atoms with Crippen molar-refractivity contribution in [2.75, 3.05) is 33.9 Å². The average Bonchev–Trinajstić information content (AvgIpc) is 3.98. The van der Waals surface area contributed by atoms with E-state index in [0.29, 0.717) is 31.3 Å². The van der Waals surface area contributed by atoms with Gasteiger partial charge in [0.15, 0.2) is 11.5 Å². The number of nitrogens with one attached hydrogen (secondary N) is 1. The predicted octanol–water partition coefficient (Wildman–Crippen LogP) is 8.87. The van der Waals surface area contributed by atoms with Crippen LogP contribution in [-0.4, -0.2) is 44.7 Å². The van der Waals surface area contributed by atoms with Gasteiger partial charge in [-0.05, 0) is 116 Å². The second kappa shape index (κ2) is 17.2. The molecule has 0 radical (unpaired) electrons. The first-order valence-corrected chi connectivity index (χ1v) is 17.6. The van der Waals surface area contributed by atoms with E-state index in [0.717, 1.165) is 62.3 Å². The van der Waals surface area contributed by atoms with Crippen LogP contribution in [0.3, 0.4) is 0 Å². The van der Waals surface area contributed by atoms with Crippen molar-refractivity contribution in [2.45, 2.75) is 69.2 Å². The maximum Gasteiger partial charge on any atom is 0.220 e. The van der Waals surface area contributed by atoms with Crippen LogP contribution in [0.25, 0.3) is 0 Å². The van der Waals surface area contributed by atoms with Gasteiger partial charge in [-0.3, -0.25) is 9.69 Å². The van der Waals surface area contributed by atoms with Crippen molar-refractivity contribution < 1.29 is 18.7 Å². The molecule has 4 aromatic rings. The molecule has 2 aliphatic rings. The predicted molar refractivity (Wildman–Crippen MR) is 197 cm³/mol. The molecule has 0 bridgehead atoms. The number of aryl methyl sites for hydroxylation is 1. The average molecular weight is 685 g/mol. The summed E-state index contributed by atoms with van der Waals surface area (Å²) in [7, 11) is 3.44. The van der Waals surface area contributed by atoms with Gasteiger partial charge in [0, 0.05) is 31.0 Å². The Hall–Kier alpha value is -3.87. The van der Waals surface area contributed by atoms with Gasteiger partial charge in [0.1, 0.15) is 5.82 Å². The summed E-state index contributed by atoms with van der Waals surface area (Å²) in [6.45, 7) is 2.72. The number of carbonyl (C=O) groups excluding carboxylic acids is 1. The van der Waals surface area contributed by atoms with Crippen LogP contribution in [0.1, 0.15) is 78.8 Å². The van der Waals surface area contributed by atoms with Crippen molar-refractivity contribution >= 4 is 18.3 Å². The summed E-state index contributed by atoms with van der Waals surface area (Å²) in [5, 5.41) is 3.16. The highest BCUT2D eigenvalue weighted by Gasteiger charge is 2.40. The standard InChI is InChI=1S/C42H49FN2O3.ClH/c1-47-38-29-33-23-28-45(41(32-18-19-32)37(33)30-39(38)48-2)27-10-25-42(34-11-5-3-6-12-34,35-13-7-4-8-14-35)24-9-26-44-40(46)22-17-31-15-20-36(43)21-16-31;/h3-8,11-16,20-21,29-30,32,41H,9-10,17-19,22-28H2,1-2H3,(H,44,46);1H. The second-order valence-electron chi connectivity index (χ2n) is 13.5. The lowest BCUT2D eigenvalue weighted by Crippen LogP contribution is -2.38. The molecule has 1 atom stereocenters. The number of amides is 1. The Morgan fingerprint density at radius 2 is 1.47 bits per heavy atom. The number of rotatable bonds is 16. The lowest BCUT2D eigenvalue weighted by molar-refractivity contribution is -0.121. The number of hydrogen-bond acceptors (Lipinski definition) is 4. The van der Waals surface area contributed by atoms with Gasteiger partial charge in [-0.25, -0.2) is 4.39 Å². The zero-order valence-corrected chi connectivity index (χ0v) is 29.7. The molecule has 1 fully saturated rings. The molecule has 0 spiro atoms. The van der Waals surface area contributed by atoms with E-state index in [1.165, 1.54) is 47.2 Å². The number of methoxy groups -OCH3 is 2. The fourth-order valence-electron chi connectivity index (χ4n) is 7.83. The Bertz CT molecular complexity index is 1590. The summed E-state index contributed by atoms with van der Waals surface area (Å²) in [6, 6.07) is 33.1. The molecule has 0 saturated heterocycles. The van der Waals surface area contributed by atoms with Gasteiger partial charge in [-0.15, -0.1) is 12.4 Å². The number of nitrogens with zero attached hydrogens (tertiary/aromatic N) is 1. The lowest BCUT2D eigenvalue weighted by Gasteiger charge is -2.40. The van der Waals surface area contributed by atoms with E-state index in [1.807, 2.05) is 0 Å². The first-order chi connectivity index (χ1) is 23.5. The van der Waals surface area contributed by atoms with Crippen LogP contribution in [0, 0.1) is 11.7 Å². The van der Waals surface area contributed by atoms with Crippen LogP contribution >= 0.6 is 12.4 Å². The Morgan fingerprint density at radius 1 is 0.857 bits per heavy atom. The normalized spacial score (nSPS) is 15.9. The van der Waals surface area contributed by atoms with Gasteiger partial charge in [0.05, 0.1) is 14.2 Å². The van der Waals surface area contributed by atoms with Crippen molar-refractivity contribution in [3.63, 3.8) is 0 Å². The van der Waals surface area contributed by atoms with Crippen LogP contribution in [0.5, 0.6) is 11.5 Å². The number of benzene rings is 4. The zero-order valence-electron chi connectivity index (χ0n) is 28.8. The largest absolute Gasteiger partial charge is 0.493 e. The molecule has 7 heteroatoms. The number of halogens is 2. The third-order valence-corrected chi connectivity index (χ3v) is 10.5. The zero-order chi connectivity index (χ0) is 33.3. The quantitative estimate of drug-likeness (QED) is 0.120. The van der Waals surface area contributed by atoms with Gasteiger partial charge < -0.3 is 14.8 Å². The molecule has 0 aromatic heterocycles. The highest BCUT2D eigenvalue weighted by Crippen LogP contribution is 2.50. The molecule has 1 heterocycles. The minimum atomic E-state index is -0.255. The van der Waals surface area contributed by atoms with E-state index in [4.69, 9.17) is 9.47 Å². The third kappa shape index (κ3) is 8.84. The summed E-state index contributed by atoms with van der Waals surface area (Å²) in [4.78, 5) is 15.5. The minimum Gasteiger partial charge on any atom is -0.493 e. The minimum absolute atomic E-state index is 0. The van der Waals surface area contributed by atoms with E-state index < -0.39 is 0 Å². The van der Waals surface area contributed by atoms with Crippen molar-refractivity contribution in [1.82, 2.24) is 10.2 Å². The molecule has 1 saturated carbocycles. The number of hydrogen-bond donors (Lipinski definition) is 1. The summed E-state index contributed by atoms with van der Waals surface area (Å²) >= 11 is 0. The number of fused-ring (bicyclic) bond motifs is 1. The maximum absolute atomic E-state index is 13.3. The Balaban J connectivity index is 0.00000468. The van der Waals surface area contributed by atoms with Gasteiger partial charge in [-0.2, -0.15) is 0 Å². The molecule has 1 aliphatic heterocycles. The molecule has 1 amide bonds. The molecular weight excluding hydrogens is 635 g/mol. The molecule has 1 aliphatic carbocycles. The van der Waals surface area contributed by atoms with E-state index in [2.05, 4.69) is 83.0 Å². The first-order valence-electron chi connectivity index (χ1n) is 17.6. The summed E-state index contributed by atoms with van der Waals surface area (Å²) in [6.07, 6.45) is 8.47. The van der Waals surface area contributed by atoms with Gasteiger partial charge in [0.2, 0.25) is 5.91 Å². The molecular formula is C42H50ClFN2O3. The first kappa shape index (κ1) is 36.4. The molecule has 6 rings (SSSR count). The highest BCUT2D eigenvalue weighted by atomic mass is 35.5. The van der Waals surface area contributed by atoms with Crippen molar-refractivity contribution in [3.8, 4) is 11.5 Å². The van der Waals surface area contributed by atoms with E-state index in [9.17, 15) is 9.18 Å². The van der Waals surface area contributed by atoms with Crippen molar-refractivity contribution in [1.29, 1.82) is 0 Å². The number of ether oxygens (including phenoxy) is 2. The molecule has 5 nitrogen and oxygen atoms in total.